The number of nitriles is 1. The maximum absolute atomic E-state index is 14.8. The molecule has 43 heavy (non-hydrogen) atoms. The average Bonchev–Trinajstić information content (AvgIpc) is 3.32. The van der Waals surface area contributed by atoms with Gasteiger partial charge in [-0.15, -0.1) is 0 Å². The Labute approximate surface area is 242 Å². The van der Waals surface area contributed by atoms with Gasteiger partial charge in [0, 0.05) is 24.2 Å². The molecule has 0 unspecified atom stereocenters. The van der Waals surface area contributed by atoms with E-state index in [-0.39, 0.29) is 46.6 Å². The molecule has 5 aromatic rings. The van der Waals surface area contributed by atoms with E-state index in [4.69, 9.17) is 14.7 Å². The van der Waals surface area contributed by atoms with E-state index in [1.165, 1.54) is 18.2 Å². The third-order valence-corrected chi connectivity index (χ3v) is 7.16. The van der Waals surface area contributed by atoms with Gasteiger partial charge in [-0.25, -0.2) is 27.9 Å². The number of aromatic nitrogens is 4. The van der Waals surface area contributed by atoms with Crippen LogP contribution in [-0.4, -0.2) is 43.3 Å². The molecule has 0 spiro atoms. The first-order valence-electron chi connectivity index (χ1n) is 13.3. The summed E-state index contributed by atoms with van der Waals surface area (Å²) in [6, 6.07) is 14.9. The second-order valence-electron chi connectivity index (χ2n) is 9.98. The molecule has 1 aliphatic heterocycles. The Balaban J connectivity index is 1.24. The summed E-state index contributed by atoms with van der Waals surface area (Å²) in [4.78, 5) is 24.0. The molecule has 0 saturated carbocycles. The van der Waals surface area contributed by atoms with Crippen molar-refractivity contribution in [1.29, 1.82) is 5.26 Å². The lowest BCUT2D eigenvalue weighted by molar-refractivity contribution is -0.0589. The summed E-state index contributed by atoms with van der Waals surface area (Å²) in [5.41, 5.74) is 1.84. The Morgan fingerprint density at radius 3 is 2.53 bits per heavy atom. The van der Waals surface area contributed by atoms with Crippen molar-refractivity contribution in [2.45, 2.75) is 32.1 Å². The van der Waals surface area contributed by atoms with Crippen molar-refractivity contribution >= 4 is 17.0 Å². The number of hydrogen-bond acceptors (Lipinski definition) is 7. The molecule has 1 saturated heterocycles. The Kier molecular flexibility index (Phi) is 7.48. The number of imidazole rings is 1. The zero-order chi connectivity index (χ0) is 30.1. The van der Waals surface area contributed by atoms with Gasteiger partial charge in [0.05, 0.1) is 41.6 Å². The van der Waals surface area contributed by atoms with Crippen LogP contribution in [0.2, 0.25) is 0 Å². The number of carboxylic acids is 1. The predicted octanol–water partition coefficient (Wildman–Crippen LogP) is 5.44. The predicted molar refractivity (Wildman–Crippen MR) is 147 cm³/mol. The van der Waals surface area contributed by atoms with Crippen LogP contribution in [0.25, 0.3) is 22.3 Å². The minimum atomic E-state index is -1.24. The van der Waals surface area contributed by atoms with Crippen molar-refractivity contribution in [2.24, 2.45) is 0 Å². The van der Waals surface area contributed by atoms with Gasteiger partial charge in [0.15, 0.2) is 11.6 Å². The Morgan fingerprint density at radius 1 is 1.07 bits per heavy atom. The molecule has 3 aromatic carbocycles. The van der Waals surface area contributed by atoms with Gasteiger partial charge in [-0.05, 0) is 36.2 Å². The van der Waals surface area contributed by atoms with Crippen molar-refractivity contribution < 1.29 is 32.5 Å². The number of halogens is 3. The van der Waals surface area contributed by atoms with E-state index in [1.54, 1.807) is 28.8 Å². The largest absolute Gasteiger partial charge is 0.478 e. The molecule has 1 fully saturated rings. The monoisotopic (exact) mass is 585 g/mol. The van der Waals surface area contributed by atoms with Crippen LogP contribution in [0.3, 0.4) is 0 Å². The average molecular weight is 586 g/mol. The van der Waals surface area contributed by atoms with Gasteiger partial charge in [-0.1, -0.05) is 30.3 Å². The SMILES string of the molecule is N#Cc1ccc(COc2ncc(F)c(-c3ccc(Cc4nc5c(F)cc(C(=O)O)cc5n4C[C@@H]4CCO4)cc3)n2)c(F)c1. The number of nitrogens with zero attached hydrogens (tertiary/aromatic N) is 5. The van der Waals surface area contributed by atoms with Crippen LogP contribution in [0.4, 0.5) is 13.2 Å². The van der Waals surface area contributed by atoms with E-state index in [2.05, 4.69) is 15.0 Å². The Hall–Kier alpha value is -5.28. The highest BCUT2D eigenvalue weighted by Crippen LogP contribution is 2.27. The van der Waals surface area contributed by atoms with Crippen molar-refractivity contribution in [1.82, 2.24) is 19.5 Å². The molecule has 3 heterocycles. The molecule has 0 radical (unpaired) electrons. The first-order valence-corrected chi connectivity index (χ1v) is 13.3. The molecule has 1 aliphatic rings. The normalized spacial score (nSPS) is 14.3. The summed E-state index contributed by atoms with van der Waals surface area (Å²) < 4.78 is 56.6. The zero-order valence-corrected chi connectivity index (χ0v) is 22.4. The fraction of sp³-hybridized carbons (Fsp3) is 0.194. The lowest BCUT2D eigenvalue weighted by atomic mass is 10.1. The van der Waals surface area contributed by atoms with E-state index in [9.17, 15) is 23.1 Å². The Bertz CT molecular complexity index is 1900. The van der Waals surface area contributed by atoms with Crippen molar-refractivity contribution in [3.8, 4) is 23.3 Å². The third-order valence-electron chi connectivity index (χ3n) is 7.16. The number of aromatic carboxylic acids is 1. The summed E-state index contributed by atoms with van der Waals surface area (Å²) in [6.45, 7) is 0.804. The molecular weight excluding hydrogens is 563 g/mol. The molecule has 9 nitrogen and oxygen atoms in total. The van der Waals surface area contributed by atoms with Gasteiger partial charge < -0.3 is 19.1 Å². The Morgan fingerprint density at radius 2 is 1.86 bits per heavy atom. The summed E-state index contributed by atoms with van der Waals surface area (Å²) in [7, 11) is 0. The van der Waals surface area contributed by atoms with Crippen LogP contribution in [0.5, 0.6) is 6.01 Å². The number of benzene rings is 3. The van der Waals surface area contributed by atoms with Gasteiger partial charge >= 0.3 is 12.0 Å². The van der Waals surface area contributed by atoms with Crippen LogP contribution in [0.15, 0.2) is 60.8 Å². The number of hydrogen-bond donors (Lipinski definition) is 1. The van der Waals surface area contributed by atoms with Crippen molar-refractivity contribution in [2.75, 3.05) is 6.61 Å². The van der Waals surface area contributed by atoms with E-state index >= 15 is 0 Å². The first-order chi connectivity index (χ1) is 20.8. The number of ether oxygens (including phenoxy) is 2. The molecule has 12 heteroatoms. The highest BCUT2D eigenvalue weighted by atomic mass is 19.1. The summed E-state index contributed by atoms with van der Waals surface area (Å²) >= 11 is 0. The van der Waals surface area contributed by atoms with Crippen LogP contribution in [0.1, 0.15) is 39.3 Å². The quantitative estimate of drug-likeness (QED) is 0.243. The zero-order valence-electron chi connectivity index (χ0n) is 22.4. The lowest BCUT2D eigenvalue weighted by Crippen LogP contribution is -2.31. The lowest BCUT2D eigenvalue weighted by Gasteiger charge is -2.27. The van der Waals surface area contributed by atoms with Crippen molar-refractivity contribution in [3.63, 3.8) is 0 Å². The van der Waals surface area contributed by atoms with Gasteiger partial charge in [-0.3, -0.25) is 0 Å². The van der Waals surface area contributed by atoms with Gasteiger partial charge in [0.2, 0.25) is 0 Å². The van der Waals surface area contributed by atoms with E-state index in [0.717, 1.165) is 30.3 Å². The number of fused-ring (bicyclic) bond motifs is 1. The third kappa shape index (κ3) is 5.75. The highest BCUT2D eigenvalue weighted by Gasteiger charge is 2.24. The maximum Gasteiger partial charge on any atom is 0.335 e. The van der Waals surface area contributed by atoms with Crippen LogP contribution < -0.4 is 4.74 Å². The first kappa shape index (κ1) is 27.9. The second-order valence-corrected chi connectivity index (χ2v) is 9.98. The molecule has 1 atom stereocenters. The van der Waals surface area contributed by atoms with Gasteiger partial charge in [0.25, 0.3) is 0 Å². The number of carbonyl (C=O) groups is 1. The number of carboxylic acid groups (broad SMARTS) is 1. The summed E-state index contributed by atoms with van der Waals surface area (Å²) in [6.07, 6.45) is 2.00. The second kappa shape index (κ2) is 11.5. The van der Waals surface area contributed by atoms with Gasteiger partial charge in [-0.2, -0.15) is 10.2 Å². The van der Waals surface area contributed by atoms with Crippen LogP contribution >= 0.6 is 0 Å². The van der Waals surface area contributed by atoms with E-state index < -0.39 is 23.4 Å². The van der Waals surface area contributed by atoms with E-state index in [0.29, 0.717) is 36.5 Å². The maximum atomic E-state index is 14.8. The number of rotatable bonds is 9. The van der Waals surface area contributed by atoms with Crippen LogP contribution in [-0.2, 0) is 24.3 Å². The molecule has 0 aliphatic carbocycles. The fourth-order valence-corrected chi connectivity index (χ4v) is 4.79. The smallest absolute Gasteiger partial charge is 0.335 e. The van der Waals surface area contributed by atoms with Gasteiger partial charge in [0.1, 0.15) is 29.5 Å². The molecule has 0 bridgehead atoms. The molecule has 216 valence electrons. The van der Waals surface area contributed by atoms with E-state index in [1.807, 2.05) is 6.07 Å². The molecular formula is C31H22F3N5O4. The highest BCUT2D eigenvalue weighted by molar-refractivity contribution is 5.92. The van der Waals surface area contributed by atoms with Crippen molar-refractivity contribution in [3.05, 3.63) is 106 Å². The standard InChI is InChI=1S/C31H22F3N5O4/c32-23-9-18(13-35)3-6-20(23)16-43-31-36-14-25(34)28(38-31)19-4-1-17(2-5-19)10-27-37-29-24(33)11-21(30(40)41)12-26(29)39(27)15-22-7-8-42-22/h1-6,9,11-12,14,22H,7-8,10,15-16H2,(H,40,41)/t22-/m0/s1. The molecule has 0 amide bonds. The molecule has 6 rings (SSSR count). The fourth-order valence-electron chi connectivity index (χ4n) is 4.79. The summed E-state index contributed by atoms with van der Waals surface area (Å²) in [5, 5.41) is 18.3. The summed E-state index contributed by atoms with van der Waals surface area (Å²) in [5.74, 6) is -2.73. The minimum absolute atomic E-state index is 0.0190. The topological polar surface area (TPSA) is 123 Å². The molecule has 1 N–H and O–H groups in total. The molecule has 2 aromatic heterocycles. The minimum Gasteiger partial charge on any atom is -0.478 e. The van der Waals surface area contributed by atoms with Crippen LogP contribution in [0, 0.1) is 28.8 Å².